The number of ether oxygens (including phenoxy) is 2. The molecule has 0 spiro atoms. The summed E-state index contributed by atoms with van der Waals surface area (Å²) in [7, 11) is 2.97. The van der Waals surface area contributed by atoms with Crippen molar-refractivity contribution in [3.05, 3.63) is 88.5 Å². The molecule has 1 aliphatic heterocycles. The maximum Gasteiger partial charge on any atom is 0.275 e. The van der Waals surface area contributed by atoms with Crippen LogP contribution in [0.15, 0.2) is 66.0 Å². The molecule has 1 atom stereocenters. The van der Waals surface area contributed by atoms with E-state index in [1.54, 1.807) is 29.2 Å². The van der Waals surface area contributed by atoms with Crippen molar-refractivity contribution < 1.29 is 19.4 Å². The van der Waals surface area contributed by atoms with Crippen molar-refractivity contribution in [2.75, 3.05) is 27.3 Å². The molecule has 8 heteroatoms. The van der Waals surface area contributed by atoms with E-state index in [0.717, 1.165) is 12.0 Å². The van der Waals surface area contributed by atoms with Crippen molar-refractivity contribution in [1.82, 2.24) is 14.5 Å². The second-order valence-corrected chi connectivity index (χ2v) is 8.35. The predicted octanol–water partition coefficient (Wildman–Crippen LogP) is 3.70. The molecule has 1 fully saturated rings. The zero-order chi connectivity index (χ0) is 24.9. The number of aromatic nitrogens is 2. The van der Waals surface area contributed by atoms with E-state index in [-0.39, 0.29) is 17.3 Å². The Bertz CT molecular complexity index is 1260. The van der Waals surface area contributed by atoms with Crippen molar-refractivity contribution in [3.8, 4) is 23.1 Å². The van der Waals surface area contributed by atoms with Gasteiger partial charge in [0.1, 0.15) is 23.0 Å². The summed E-state index contributed by atoms with van der Waals surface area (Å²) in [6.07, 6.45) is 3.30. The molecule has 2 heterocycles. The number of para-hydroxylation sites is 1. The normalized spacial score (nSPS) is 15.1. The van der Waals surface area contributed by atoms with Gasteiger partial charge in [0, 0.05) is 25.4 Å². The SMILES string of the molecule is C=CCCc1nc(O)c(C(=O)N2CCC(c3ccccc3)C2)c(=O)n1-c1c(OC)cccc1OC. The van der Waals surface area contributed by atoms with Gasteiger partial charge in [-0.05, 0) is 30.5 Å². The Labute approximate surface area is 204 Å². The van der Waals surface area contributed by atoms with Crippen molar-refractivity contribution in [3.63, 3.8) is 0 Å². The summed E-state index contributed by atoms with van der Waals surface area (Å²) in [6.45, 7) is 4.67. The molecule has 3 aromatic rings. The minimum absolute atomic E-state index is 0.165. The lowest BCUT2D eigenvalue weighted by molar-refractivity contribution is 0.0784. The van der Waals surface area contributed by atoms with Gasteiger partial charge in [0.25, 0.3) is 11.5 Å². The molecule has 0 saturated carbocycles. The minimum Gasteiger partial charge on any atom is -0.494 e. The van der Waals surface area contributed by atoms with Gasteiger partial charge in [-0.15, -0.1) is 6.58 Å². The van der Waals surface area contributed by atoms with Gasteiger partial charge in [0.05, 0.1) is 14.2 Å². The van der Waals surface area contributed by atoms with Crippen LogP contribution in [0, 0.1) is 0 Å². The van der Waals surface area contributed by atoms with Gasteiger partial charge in [-0.1, -0.05) is 42.5 Å². The lowest BCUT2D eigenvalue weighted by atomic mass is 9.99. The molecule has 2 aromatic carbocycles. The fraction of sp³-hybridized carbons (Fsp3) is 0.296. The number of nitrogens with zero attached hydrogens (tertiary/aromatic N) is 3. The molecule has 1 amide bonds. The first-order valence-electron chi connectivity index (χ1n) is 11.5. The first-order chi connectivity index (χ1) is 17.0. The molecule has 0 bridgehead atoms. The largest absolute Gasteiger partial charge is 0.494 e. The third-order valence-electron chi connectivity index (χ3n) is 6.29. The van der Waals surface area contributed by atoms with Gasteiger partial charge in [-0.3, -0.25) is 14.2 Å². The van der Waals surface area contributed by atoms with Gasteiger partial charge in [0.2, 0.25) is 5.88 Å². The van der Waals surface area contributed by atoms with E-state index in [0.29, 0.717) is 43.1 Å². The molecule has 1 saturated heterocycles. The van der Waals surface area contributed by atoms with Crippen LogP contribution in [0.2, 0.25) is 0 Å². The highest BCUT2D eigenvalue weighted by atomic mass is 16.5. The third kappa shape index (κ3) is 4.64. The molecule has 8 nitrogen and oxygen atoms in total. The summed E-state index contributed by atoms with van der Waals surface area (Å²) in [5, 5.41) is 10.7. The Hall–Kier alpha value is -4.07. The zero-order valence-corrected chi connectivity index (χ0v) is 19.9. The van der Waals surface area contributed by atoms with Crippen molar-refractivity contribution in [2.45, 2.75) is 25.2 Å². The minimum atomic E-state index is -0.674. The first-order valence-corrected chi connectivity index (χ1v) is 11.5. The average Bonchev–Trinajstić information content (AvgIpc) is 3.38. The molecule has 182 valence electrons. The summed E-state index contributed by atoms with van der Waals surface area (Å²) >= 11 is 0. The van der Waals surface area contributed by atoms with E-state index in [1.165, 1.54) is 18.8 Å². The summed E-state index contributed by atoms with van der Waals surface area (Å²) in [6, 6.07) is 15.1. The van der Waals surface area contributed by atoms with Crippen LogP contribution >= 0.6 is 0 Å². The van der Waals surface area contributed by atoms with Crippen molar-refractivity contribution >= 4 is 5.91 Å². The van der Waals surface area contributed by atoms with E-state index < -0.39 is 17.3 Å². The number of carbonyl (C=O) groups excluding carboxylic acids is 1. The van der Waals surface area contributed by atoms with Gasteiger partial charge in [0.15, 0.2) is 5.56 Å². The molecule has 0 aliphatic carbocycles. The molecule has 4 rings (SSSR count). The Balaban J connectivity index is 1.81. The highest BCUT2D eigenvalue weighted by molar-refractivity contribution is 5.96. The standard InChI is InChI=1S/C27H29N3O5/c1-4-5-14-22-28-25(31)23(26(32)29-16-15-19(17-29)18-10-7-6-8-11-18)27(33)30(22)24-20(34-2)12-9-13-21(24)35-3/h4,6-13,19,31H,1,5,14-17H2,2-3H3. The fourth-order valence-corrected chi connectivity index (χ4v) is 4.52. The molecule has 1 aliphatic rings. The Morgan fingerprint density at radius 2 is 1.83 bits per heavy atom. The van der Waals surface area contributed by atoms with E-state index in [9.17, 15) is 14.7 Å². The number of likely N-dealkylation sites (tertiary alicyclic amines) is 1. The molecule has 1 aromatic heterocycles. The highest BCUT2D eigenvalue weighted by Crippen LogP contribution is 2.34. The summed E-state index contributed by atoms with van der Waals surface area (Å²) in [4.78, 5) is 33.2. The number of allylic oxidation sites excluding steroid dienone is 1. The quantitative estimate of drug-likeness (QED) is 0.500. The number of aryl methyl sites for hydroxylation is 1. The topological polar surface area (TPSA) is 93.9 Å². The van der Waals surface area contributed by atoms with Crippen LogP contribution in [0.5, 0.6) is 17.4 Å². The number of rotatable bonds is 8. The summed E-state index contributed by atoms with van der Waals surface area (Å²) in [5.41, 5.74) is 0.425. The summed E-state index contributed by atoms with van der Waals surface area (Å²) in [5.74, 6) is 0.0719. The molecule has 1 N–H and O–H groups in total. The van der Waals surface area contributed by atoms with E-state index in [2.05, 4.69) is 11.6 Å². The van der Waals surface area contributed by atoms with Crippen molar-refractivity contribution in [2.24, 2.45) is 0 Å². The summed E-state index contributed by atoms with van der Waals surface area (Å²) < 4.78 is 12.3. The second kappa shape index (κ2) is 10.5. The molecule has 1 unspecified atom stereocenters. The smallest absolute Gasteiger partial charge is 0.275 e. The second-order valence-electron chi connectivity index (χ2n) is 8.35. The molecular weight excluding hydrogens is 446 g/mol. The maximum absolute atomic E-state index is 13.8. The predicted molar refractivity (Wildman–Crippen MR) is 133 cm³/mol. The van der Waals surface area contributed by atoms with Crippen LogP contribution in [-0.4, -0.2) is 52.8 Å². The highest BCUT2D eigenvalue weighted by Gasteiger charge is 2.33. The number of amides is 1. The molecule has 35 heavy (non-hydrogen) atoms. The van der Waals surface area contributed by atoms with Gasteiger partial charge in [-0.25, -0.2) is 0 Å². The monoisotopic (exact) mass is 475 g/mol. The number of aromatic hydroxyl groups is 1. The van der Waals surface area contributed by atoms with E-state index in [4.69, 9.17) is 9.47 Å². The fourth-order valence-electron chi connectivity index (χ4n) is 4.52. The number of hydrogen-bond donors (Lipinski definition) is 1. The Morgan fingerprint density at radius 3 is 2.46 bits per heavy atom. The van der Waals surface area contributed by atoms with Crippen molar-refractivity contribution in [1.29, 1.82) is 0 Å². The Kier molecular flexibility index (Phi) is 7.19. The van der Waals surface area contributed by atoms with Crippen LogP contribution in [0.4, 0.5) is 0 Å². The van der Waals surface area contributed by atoms with Crippen LogP contribution < -0.4 is 15.0 Å². The van der Waals surface area contributed by atoms with Crippen LogP contribution in [0.3, 0.4) is 0 Å². The third-order valence-corrected chi connectivity index (χ3v) is 6.29. The van der Waals surface area contributed by atoms with Gasteiger partial charge >= 0.3 is 0 Å². The lowest BCUT2D eigenvalue weighted by Crippen LogP contribution is -2.37. The van der Waals surface area contributed by atoms with E-state index in [1.807, 2.05) is 30.3 Å². The number of carbonyl (C=O) groups is 1. The average molecular weight is 476 g/mol. The number of hydrogen-bond acceptors (Lipinski definition) is 6. The molecular formula is C27H29N3O5. The Morgan fingerprint density at radius 1 is 1.14 bits per heavy atom. The van der Waals surface area contributed by atoms with Gasteiger partial charge < -0.3 is 19.5 Å². The first kappa shape index (κ1) is 24.1. The van der Waals surface area contributed by atoms with E-state index >= 15 is 0 Å². The van der Waals surface area contributed by atoms with Crippen LogP contribution in [-0.2, 0) is 6.42 Å². The van der Waals surface area contributed by atoms with Gasteiger partial charge in [-0.2, -0.15) is 4.98 Å². The lowest BCUT2D eigenvalue weighted by Gasteiger charge is -2.21. The number of benzene rings is 2. The zero-order valence-electron chi connectivity index (χ0n) is 19.9. The maximum atomic E-state index is 13.8. The van der Waals surface area contributed by atoms with Crippen LogP contribution in [0.25, 0.3) is 5.69 Å². The number of methoxy groups -OCH3 is 2. The van der Waals surface area contributed by atoms with Crippen LogP contribution in [0.1, 0.15) is 40.5 Å². The molecule has 0 radical (unpaired) electrons.